The zero-order valence-corrected chi connectivity index (χ0v) is 16.1. The predicted molar refractivity (Wildman–Crippen MR) is 106 cm³/mol. The van der Waals surface area contributed by atoms with Gasteiger partial charge in [-0.15, -0.1) is 0 Å². The van der Waals surface area contributed by atoms with Crippen LogP contribution in [0, 0.1) is 13.8 Å². The molecule has 0 unspecified atom stereocenters. The van der Waals surface area contributed by atoms with Gasteiger partial charge in [-0.1, -0.05) is 41.9 Å². The summed E-state index contributed by atoms with van der Waals surface area (Å²) in [7, 11) is 1.74. The number of halogens is 1. The average molecular weight is 370 g/mol. The van der Waals surface area contributed by atoms with Crippen molar-refractivity contribution in [3.8, 4) is 5.69 Å². The summed E-state index contributed by atoms with van der Waals surface area (Å²) in [6.45, 7) is 5.63. The van der Waals surface area contributed by atoms with Crippen LogP contribution in [0.15, 0.2) is 54.6 Å². The molecule has 4 nitrogen and oxygen atoms in total. The third-order valence-corrected chi connectivity index (χ3v) is 4.85. The van der Waals surface area contributed by atoms with Crippen LogP contribution in [0.3, 0.4) is 0 Å². The van der Waals surface area contributed by atoms with Gasteiger partial charge < -0.3 is 10.1 Å². The van der Waals surface area contributed by atoms with Crippen molar-refractivity contribution < 1.29 is 4.74 Å². The third-order valence-electron chi connectivity index (χ3n) is 4.60. The van der Waals surface area contributed by atoms with E-state index in [9.17, 15) is 0 Å². The van der Waals surface area contributed by atoms with E-state index in [1.165, 1.54) is 11.1 Å². The first kappa shape index (κ1) is 18.6. The van der Waals surface area contributed by atoms with Gasteiger partial charge in [0, 0.05) is 36.5 Å². The van der Waals surface area contributed by atoms with Crippen LogP contribution < -0.4 is 5.32 Å². The molecule has 0 fully saturated rings. The van der Waals surface area contributed by atoms with E-state index in [4.69, 9.17) is 16.3 Å². The molecule has 0 aliphatic rings. The molecule has 1 atom stereocenters. The van der Waals surface area contributed by atoms with Crippen LogP contribution in [0.25, 0.3) is 5.69 Å². The van der Waals surface area contributed by atoms with E-state index in [0.29, 0.717) is 0 Å². The van der Waals surface area contributed by atoms with Crippen molar-refractivity contribution in [2.45, 2.75) is 26.5 Å². The second kappa shape index (κ2) is 8.49. The Balaban J connectivity index is 1.69. The molecule has 1 heterocycles. The molecule has 0 amide bonds. The zero-order chi connectivity index (χ0) is 18.5. The molecule has 26 heavy (non-hydrogen) atoms. The van der Waals surface area contributed by atoms with Crippen molar-refractivity contribution in [2.75, 3.05) is 13.7 Å². The lowest BCUT2D eigenvalue weighted by atomic mass is 10.1. The van der Waals surface area contributed by atoms with Crippen molar-refractivity contribution >= 4 is 11.6 Å². The summed E-state index contributed by atoms with van der Waals surface area (Å²) in [6.07, 6.45) is 0.0307. The first-order valence-electron chi connectivity index (χ1n) is 8.69. The van der Waals surface area contributed by atoms with E-state index < -0.39 is 0 Å². The Hall–Kier alpha value is -2.14. The number of hydrogen-bond acceptors (Lipinski definition) is 3. The van der Waals surface area contributed by atoms with E-state index in [0.717, 1.165) is 35.2 Å². The van der Waals surface area contributed by atoms with Gasteiger partial charge in [-0.3, -0.25) is 0 Å². The summed E-state index contributed by atoms with van der Waals surface area (Å²) in [5.74, 6) is 0. The molecule has 0 bridgehead atoms. The Bertz CT molecular complexity index is 844. The topological polar surface area (TPSA) is 39.1 Å². The van der Waals surface area contributed by atoms with E-state index in [1.807, 2.05) is 54.1 Å². The molecule has 136 valence electrons. The number of hydrogen-bond donors (Lipinski definition) is 1. The molecule has 0 saturated carbocycles. The third kappa shape index (κ3) is 4.15. The Morgan fingerprint density at radius 1 is 1.08 bits per heavy atom. The van der Waals surface area contributed by atoms with E-state index in [-0.39, 0.29) is 6.10 Å². The lowest BCUT2D eigenvalue weighted by Crippen LogP contribution is -2.23. The van der Waals surface area contributed by atoms with Crippen molar-refractivity contribution in [1.82, 2.24) is 15.1 Å². The standard InChI is InChI=1S/C21H24ClN3O/c1-15-20(13-23-14-21(26-3)17-7-5-4-6-8-17)16(2)25(24-15)19-11-9-18(22)10-12-19/h4-12,21,23H,13-14H2,1-3H3/t21-/m0/s1. The normalized spacial score (nSPS) is 12.3. The molecule has 2 aromatic carbocycles. The Morgan fingerprint density at radius 2 is 1.77 bits per heavy atom. The zero-order valence-electron chi connectivity index (χ0n) is 15.4. The molecule has 3 aromatic rings. The van der Waals surface area contributed by atoms with Gasteiger partial charge >= 0.3 is 0 Å². The fraction of sp³-hybridized carbons (Fsp3) is 0.286. The molecular weight excluding hydrogens is 346 g/mol. The lowest BCUT2D eigenvalue weighted by Gasteiger charge is -2.16. The van der Waals surface area contributed by atoms with Crippen LogP contribution in [-0.4, -0.2) is 23.4 Å². The van der Waals surface area contributed by atoms with E-state index >= 15 is 0 Å². The van der Waals surface area contributed by atoms with Crippen molar-refractivity contribution in [3.05, 3.63) is 82.1 Å². The average Bonchev–Trinajstić information content (AvgIpc) is 2.94. The van der Waals surface area contributed by atoms with Crippen LogP contribution in [0.4, 0.5) is 0 Å². The minimum absolute atomic E-state index is 0.0307. The second-order valence-electron chi connectivity index (χ2n) is 6.30. The maximum Gasteiger partial charge on any atom is 0.0945 e. The van der Waals surface area contributed by atoms with Crippen molar-refractivity contribution in [2.24, 2.45) is 0 Å². The highest BCUT2D eigenvalue weighted by Gasteiger charge is 2.14. The van der Waals surface area contributed by atoms with Gasteiger partial charge in [0.05, 0.1) is 17.5 Å². The molecule has 1 N–H and O–H groups in total. The number of nitrogens with zero attached hydrogens (tertiary/aromatic N) is 2. The number of ether oxygens (including phenoxy) is 1. The molecular formula is C21H24ClN3O. The monoisotopic (exact) mass is 369 g/mol. The van der Waals surface area contributed by atoms with Crippen LogP contribution >= 0.6 is 11.6 Å². The summed E-state index contributed by atoms with van der Waals surface area (Å²) in [4.78, 5) is 0. The summed E-state index contributed by atoms with van der Waals surface area (Å²) in [5, 5.41) is 8.92. The highest BCUT2D eigenvalue weighted by Crippen LogP contribution is 2.20. The fourth-order valence-electron chi connectivity index (χ4n) is 3.10. The second-order valence-corrected chi connectivity index (χ2v) is 6.74. The minimum Gasteiger partial charge on any atom is -0.375 e. The van der Waals surface area contributed by atoms with Gasteiger partial charge in [-0.05, 0) is 43.7 Å². The number of benzene rings is 2. The molecule has 0 aliphatic carbocycles. The van der Waals surface area contributed by atoms with Gasteiger partial charge in [0.1, 0.15) is 0 Å². The molecule has 5 heteroatoms. The minimum atomic E-state index is 0.0307. The molecule has 3 rings (SSSR count). The number of aryl methyl sites for hydroxylation is 1. The fourth-order valence-corrected chi connectivity index (χ4v) is 3.22. The summed E-state index contributed by atoms with van der Waals surface area (Å²) < 4.78 is 7.59. The van der Waals surface area contributed by atoms with Gasteiger partial charge in [0.25, 0.3) is 0 Å². The quantitative estimate of drug-likeness (QED) is 0.660. The molecule has 1 aromatic heterocycles. The Labute approximate surface area is 159 Å². The first-order valence-corrected chi connectivity index (χ1v) is 9.07. The lowest BCUT2D eigenvalue weighted by molar-refractivity contribution is 0.102. The highest BCUT2D eigenvalue weighted by molar-refractivity contribution is 6.30. The van der Waals surface area contributed by atoms with Gasteiger partial charge in [-0.2, -0.15) is 5.10 Å². The van der Waals surface area contributed by atoms with Gasteiger partial charge in [0.15, 0.2) is 0 Å². The molecule has 0 saturated heterocycles. The van der Waals surface area contributed by atoms with E-state index in [2.05, 4.69) is 29.5 Å². The molecule has 0 radical (unpaired) electrons. The van der Waals surface area contributed by atoms with Crippen molar-refractivity contribution in [3.63, 3.8) is 0 Å². The van der Waals surface area contributed by atoms with Crippen molar-refractivity contribution in [1.29, 1.82) is 0 Å². The summed E-state index contributed by atoms with van der Waals surface area (Å²) >= 11 is 5.99. The number of aromatic nitrogens is 2. The Kier molecular flexibility index (Phi) is 6.09. The SMILES string of the molecule is CO[C@@H](CNCc1c(C)nn(-c2ccc(Cl)cc2)c1C)c1ccccc1. The van der Waals surface area contributed by atoms with Crippen LogP contribution in [-0.2, 0) is 11.3 Å². The van der Waals surface area contributed by atoms with Crippen LogP contribution in [0.2, 0.25) is 5.02 Å². The van der Waals surface area contributed by atoms with Crippen LogP contribution in [0.1, 0.15) is 28.6 Å². The smallest absolute Gasteiger partial charge is 0.0945 e. The molecule has 0 aliphatic heterocycles. The van der Waals surface area contributed by atoms with Gasteiger partial charge in [0.2, 0.25) is 0 Å². The highest BCUT2D eigenvalue weighted by atomic mass is 35.5. The summed E-state index contributed by atoms with van der Waals surface area (Å²) in [6, 6.07) is 18.0. The maximum absolute atomic E-state index is 5.99. The predicted octanol–water partition coefficient (Wildman–Crippen LogP) is 4.62. The number of rotatable bonds is 7. The maximum atomic E-state index is 5.99. The largest absolute Gasteiger partial charge is 0.375 e. The first-order chi connectivity index (χ1) is 12.6. The van der Waals surface area contributed by atoms with E-state index in [1.54, 1.807) is 7.11 Å². The number of nitrogens with one attached hydrogen (secondary N) is 1. The summed E-state index contributed by atoms with van der Waals surface area (Å²) in [5.41, 5.74) is 5.56. The van der Waals surface area contributed by atoms with Crippen LogP contribution in [0.5, 0.6) is 0 Å². The molecule has 0 spiro atoms. The van der Waals surface area contributed by atoms with Gasteiger partial charge in [-0.25, -0.2) is 4.68 Å². The Morgan fingerprint density at radius 3 is 2.42 bits per heavy atom. The number of methoxy groups -OCH3 is 1.